The van der Waals surface area contributed by atoms with Crippen molar-refractivity contribution in [1.29, 1.82) is 0 Å². The summed E-state index contributed by atoms with van der Waals surface area (Å²) in [5.41, 5.74) is 0.791. The van der Waals surface area contributed by atoms with Crippen molar-refractivity contribution in [3.05, 3.63) is 66.2 Å². The van der Waals surface area contributed by atoms with Gasteiger partial charge in [0.25, 0.3) is 5.91 Å². The number of esters is 1. The van der Waals surface area contributed by atoms with Gasteiger partial charge in [-0.05, 0) is 24.6 Å². The number of amides is 2. The van der Waals surface area contributed by atoms with Gasteiger partial charge in [0.2, 0.25) is 5.91 Å². The summed E-state index contributed by atoms with van der Waals surface area (Å²) in [6.07, 6.45) is 0. The van der Waals surface area contributed by atoms with Gasteiger partial charge in [0.15, 0.2) is 6.61 Å². The van der Waals surface area contributed by atoms with Crippen LogP contribution in [-0.4, -0.2) is 37.5 Å². The van der Waals surface area contributed by atoms with Gasteiger partial charge in [0.05, 0.1) is 6.54 Å². The molecular formula is C20H22N2O4S. The van der Waals surface area contributed by atoms with E-state index in [0.29, 0.717) is 6.54 Å². The Hall–Kier alpha value is -2.80. The van der Waals surface area contributed by atoms with Crippen LogP contribution in [0.1, 0.15) is 17.7 Å². The number of benzene rings is 2. The summed E-state index contributed by atoms with van der Waals surface area (Å²) >= 11 is 1.36. The smallest absolute Gasteiger partial charge is 0.324 e. The van der Waals surface area contributed by atoms with Crippen molar-refractivity contribution in [2.45, 2.75) is 17.1 Å². The maximum absolute atomic E-state index is 12.6. The van der Waals surface area contributed by atoms with E-state index in [9.17, 15) is 14.4 Å². The number of rotatable bonds is 9. The average molecular weight is 386 g/mol. The number of likely N-dealkylation sites (N-methyl/N-ethyl adjacent to an activating group) is 1. The number of ether oxygens (including phenoxy) is 1. The minimum Gasteiger partial charge on any atom is -0.454 e. The zero-order chi connectivity index (χ0) is 19.5. The molecule has 2 rings (SSSR count). The van der Waals surface area contributed by atoms with Crippen molar-refractivity contribution in [3.8, 4) is 0 Å². The molecule has 0 saturated carbocycles. The van der Waals surface area contributed by atoms with Gasteiger partial charge in [-0.3, -0.25) is 14.4 Å². The molecule has 0 fully saturated rings. The lowest BCUT2D eigenvalue weighted by atomic mass is 10.1. The SMILES string of the molecule is CCNC(=O)CNC(=O)COC(=O)[C@@H](Sc1ccccc1)c1ccccc1. The van der Waals surface area contributed by atoms with E-state index < -0.39 is 23.7 Å². The molecule has 2 aromatic rings. The van der Waals surface area contributed by atoms with E-state index in [2.05, 4.69) is 10.6 Å². The predicted octanol–water partition coefficient (Wildman–Crippen LogP) is 2.32. The van der Waals surface area contributed by atoms with Crippen molar-refractivity contribution in [1.82, 2.24) is 10.6 Å². The van der Waals surface area contributed by atoms with Crippen LogP contribution in [0.15, 0.2) is 65.6 Å². The van der Waals surface area contributed by atoms with Crippen LogP contribution >= 0.6 is 11.8 Å². The van der Waals surface area contributed by atoms with Crippen LogP contribution < -0.4 is 10.6 Å². The summed E-state index contributed by atoms with van der Waals surface area (Å²) in [6.45, 7) is 1.69. The highest BCUT2D eigenvalue weighted by Gasteiger charge is 2.24. The van der Waals surface area contributed by atoms with E-state index in [1.54, 1.807) is 6.92 Å². The zero-order valence-corrected chi connectivity index (χ0v) is 15.8. The number of thioether (sulfide) groups is 1. The molecule has 0 radical (unpaired) electrons. The predicted molar refractivity (Wildman–Crippen MR) is 104 cm³/mol. The fourth-order valence-corrected chi connectivity index (χ4v) is 3.26. The maximum Gasteiger partial charge on any atom is 0.324 e. The Kier molecular flexibility index (Phi) is 8.38. The Morgan fingerprint density at radius 3 is 2.19 bits per heavy atom. The Morgan fingerprint density at radius 2 is 1.56 bits per heavy atom. The molecule has 2 N–H and O–H groups in total. The van der Waals surface area contributed by atoms with Crippen molar-refractivity contribution in [2.75, 3.05) is 19.7 Å². The second-order valence-electron chi connectivity index (χ2n) is 5.56. The van der Waals surface area contributed by atoms with E-state index in [0.717, 1.165) is 10.5 Å². The van der Waals surface area contributed by atoms with Gasteiger partial charge in [-0.15, -0.1) is 11.8 Å². The summed E-state index contributed by atoms with van der Waals surface area (Å²) in [5.74, 6) is -1.33. The number of carbonyl (C=O) groups is 3. The molecule has 142 valence electrons. The number of carbonyl (C=O) groups excluding carboxylic acids is 3. The van der Waals surface area contributed by atoms with E-state index in [4.69, 9.17) is 4.74 Å². The molecule has 7 heteroatoms. The fraction of sp³-hybridized carbons (Fsp3) is 0.250. The molecule has 0 saturated heterocycles. The highest BCUT2D eigenvalue weighted by Crippen LogP contribution is 2.36. The fourth-order valence-electron chi connectivity index (χ4n) is 2.22. The Morgan fingerprint density at radius 1 is 0.926 bits per heavy atom. The molecule has 1 atom stereocenters. The average Bonchev–Trinajstić information content (AvgIpc) is 2.70. The monoisotopic (exact) mass is 386 g/mol. The third kappa shape index (κ3) is 7.15. The summed E-state index contributed by atoms with van der Waals surface area (Å²) < 4.78 is 5.18. The normalized spacial score (nSPS) is 11.3. The van der Waals surface area contributed by atoms with Gasteiger partial charge < -0.3 is 15.4 Å². The number of nitrogens with one attached hydrogen (secondary N) is 2. The Labute approximate surface area is 162 Å². The van der Waals surface area contributed by atoms with Crippen molar-refractivity contribution >= 4 is 29.5 Å². The van der Waals surface area contributed by atoms with Crippen molar-refractivity contribution < 1.29 is 19.1 Å². The summed E-state index contributed by atoms with van der Waals surface area (Å²) in [5, 5.41) is 4.39. The molecule has 0 aliphatic heterocycles. The van der Waals surface area contributed by atoms with Gasteiger partial charge in [0.1, 0.15) is 5.25 Å². The van der Waals surface area contributed by atoms with Crippen molar-refractivity contribution in [2.24, 2.45) is 0 Å². The molecule has 2 aromatic carbocycles. The van der Waals surface area contributed by atoms with E-state index in [-0.39, 0.29) is 12.5 Å². The lowest BCUT2D eigenvalue weighted by Gasteiger charge is -2.16. The molecule has 0 heterocycles. The van der Waals surface area contributed by atoms with Crippen LogP contribution in [0.25, 0.3) is 0 Å². The third-order valence-corrected chi connectivity index (χ3v) is 4.72. The van der Waals surface area contributed by atoms with Gasteiger partial charge in [-0.1, -0.05) is 48.5 Å². The first kappa shape index (κ1) is 20.5. The molecule has 6 nitrogen and oxygen atoms in total. The van der Waals surface area contributed by atoms with Crippen molar-refractivity contribution in [3.63, 3.8) is 0 Å². The first-order chi connectivity index (χ1) is 13.1. The zero-order valence-electron chi connectivity index (χ0n) is 15.0. The van der Waals surface area contributed by atoms with E-state index in [1.807, 2.05) is 60.7 Å². The highest BCUT2D eigenvalue weighted by atomic mass is 32.2. The summed E-state index contributed by atoms with van der Waals surface area (Å²) in [6, 6.07) is 18.8. The third-order valence-electron chi connectivity index (χ3n) is 3.48. The maximum atomic E-state index is 12.6. The summed E-state index contributed by atoms with van der Waals surface area (Å²) in [4.78, 5) is 36.7. The minimum atomic E-state index is -0.593. The molecule has 2 amide bonds. The van der Waals surface area contributed by atoms with Crippen LogP contribution in [0, 0.1) is 0 Å². The lowest BCUT2D eigenvalue weighted by molar-refractivity contribution is -0.148. The van der Waals surface area contributed by atoms with Crippen LogP contribution in [0.4, 0.5) is 0 Å². The summed E-state index contributed by atoms with van der Waals surface area (Å²) in [7, 11) is 0. The highest BCUT2D eigenvalue weighted by molar-refractivity contribution is 8.00. The number of hydrogen-bond donors (Lipinski definition) is 2. The van der Waals surface area contributed by atoms with Crippen LogP contribution in [0.5, 0.6) is 0 Å². The van der Waals surface area contributed by atoms with Gasteiger partial charge >= 0.3 is 5.97 Å². The molecule has 27 heavy (non-hydrogen) atoms. The molecular weight excluding hydrogens is 364 g/mol. The quantitative estimate of drug-likeness (QED) is 0.510. The van der Waals surface area contributed by atoms with Gasteiger partial charge in [0, 0.05) is 11.4 Å². The lowest BCUT2D eigenvalue weighted by Crippen LogP contribution is -2.38. The first-order valence-corrected chi connectivity index (χ1v) is 9.44. The van der Waals surface area contributed by atoms with Crippen LogP contribution in [0.2, 0.25) is 0 Å². The molecule has 0 bridgehead atoms. The topological polar surface area (TPSA) is 84.5 Å². The Balaban J connectivity index is 1.95. The number of hydrogen-bond acceptors (Lipinski definition) is 5. The largest absolute Gasteiger partial charge is 0.454 e. The molecule has 0 unspecified atom stereocenters. The minimum absolute atomic E-state index is 0.148. The standard InChI is InChI=1S/C20H22N2O4S/c1-2-21-17(23)13-22-18(24)14-26-20(25)19(15-9-5-3-6-10-15)27-16-11-7-4-8-12-16/h3-12,19H,2,13-14H2,1H3,(H,21,23)(H,22,24)/t19-/m0/s1. The second kappa shape index (κ2) is 11.0. The second-order valence-corrected chi connectivity index (χ2v) is 6.74. The Bertz CT molecular complexity index is 753. The molecule has 0 aliphatic carbocycles. The molecule has 0 aromatic heterocycles. The van der Waals surface area contributed by atoms with Crippen LogP contribution in [-0.2, 0) is 19.1 Å². The molecule has 0 spiro atoms. The van der Waals surface area contributed by atoms with Crippen LogP contribution in [0.3, 0.4) is 0 Å². The van der Waals surface area contributed by atoms with E-state index >= 15 is 0 Å². The van der Waals surface area contributed by atoms with Gasteiger partial charge in [-0.25, -0.2) is 0 Å². The molecule has 0 aliphatic rings. The van der Waals surface area contributed by atoms with E-state index in [1.165, 1.54) is 11.8 Å². The first-order valence-electron chi connectivity index (χ1n) is 8.57. The van der Waals surface area contributed by atoms with Gasteiger partial charge in [-0.2, -0.15) is 0 Å².